The second kappa shape index (κ2) is 4.81. The van der Waals surface area contributed by atoms with Crippen LogP contribution in [-0.4, -0.2) is 27.8 Å². The van der Waals surface area contributed by atoms with Crippen LogP contribution < -0.4 is 5.32 Å². The van der Waals surface area contributed by atoms with E-state index in [1.54, 1.807) is 6.92 Å². The lowest BCUT2D eigenvalue weighted by molar-refractivity contribution is 0.0984. The zero-order chi connectivity index (χ0) is 13.4. The third-order valence-corrected chi connectivity index (χ3v) is 4.05. The number of rotatable bonds is 2. The second-order valence-corrected chi connectivity index (χ2v) is 6.81. The summed E-state index contributed by atoms with van der Waals surface area (Å²) in [7, 11) is -3.54. The predicted molar refractivity (Wildman–Crippen MR) is 71.2 cm³/mol. The van der Waals surface area contributed by atoms with Gasteiger partial charge in [-0.2, -0.15) is 8.42 Å². The fourth-order valence-electron chi connectivity index (χ4n) is 2.30. The first-order valence-corrected chi connectivity index (χ1v) is 7.92. The molecule has 1 aliphatic rings. The molecule has 0 fully saturated rings. The SMILES string of the molecule is CC1(OS(C)(=O)=O)CNCC(Cl)c2ccccc21. The van der Waals surface area contributed by atoms with Crippen molar-refractivity contribution in [1.82, 2.24) is 5.32 Å². The maximum absolute atomic E-state index is 11.4. The zero-order valence-corrected chi connectivity index (χ0v) is 11.9. The lowest BCUT2D eigenvalue weighted by Gasteiger charge is -2.29. The van der Waals surface area contributed by atoms with Gasteiger partial charge in [0.15, 0.2) is 0 Å². The number of fused-ring (bicyclic) bond motifs is 1. The molecule has 0 bridgehead atoms. The summed E-state index contributed by atoms with van der Waals surface area (Å²) in [5, 5.41) is 2.95. The van der Waals surface area contributed by atoms with Crippen molar-refractivity contribution in [3.63, 3.8) is 0 Å². The molecule has 1 heterocycles. The Labute approximate surface area is 112 Å². The lowest BCUT2D eigenvalue weighted by Crippen LogP contribution is -2.38. The van der Waals surface area contributed by atoms with Gasteiger partial charge in [0.2, 0.25) is 0 Å². The van der Waals surface area contributed by atoms with Crippen molar-refractivity contribution in [1.29, 1.82) is 0 Å². The molecule has 1 aromatic carbocycles. The van der Waals surface area contributed by atoms with Crippen LogP contribution in [0.25, 0.3) is 0 Å². The molecule has 1 aromatic rings. The second-order valence-electron chi connectivity index (χ2n) is 4.70. The van der Waals surface area contributed by atoms with Gasteiger partial charge >= 0.3 is 0 Å². The maximum atomic E-state index is 11.4. The van der Waals surface area contributed by atoms with Crippen LogP contribution in [0.5, 0.6) is 0 Å². The van der Waals surface area contributed by atoms with E-state index in [0.717, 1.165) is 17.4 Å². The molecule has 0 amide bonds. The number of hydrogen-bond acceptors (Lipinski definition) is 4. The third-order valence-electron chi connectivity index (χ3n) is 2.99. The quantitative estimate of drug-likeness (QED) is 0.666. The van der Waals surface area contributed by atoms with Crippen LogP contribution in [0.4, 0.5) is 0 Å². The highest BCUT2D eigenvalue weighted by Crippen LogP contribution is 2.36. The topological polar surface area (TPSA) is 55.4 Å². The zero-order valence-electron chi connectivity index (χ0n) is 10.3. The van der Waals surface area contributed by atoms with Crippen LogP contribution in [0.3, 0.4) is 0 Å². The highest BCUT2D eigenvalue weighted by atomic mass is 35.5. The summed E-state index contributed by atoms with van der Waals surface area (Å²) in [5.74, 6) is 0. The predicted octanol–water partition coefficient (Wildman–Crippen LogP) is 1.76. The van der Waals surface area contributed by atoms with E-state index in [9.17, 15) is 8.42 Å². The van der Waals surface area contributed by atoms with Crippen LogP contribution in [-0.2, 0) is 19.9 Å². The Morgan fingerprint density at radius 2 is 2.11 bits per heavy atom. The van der Waals surface area contributed by atoms with E-state index in [4.69, 9.17) is 15.8 Å². The molecular formula is C12H16ClNO3S. The first kappa shape index (κ1) is 13.8. The summed E-state index contributed by atoms with van der Waals surface area (Å²) in [6.07, 6.45) is 1.06. The van der Waals surface area contributed by atoms with Crippen molar-refractivity contribution in [2.45, 2.75) is 17.9 Å². The van der Waals surface area contributed by atoms with Gasteiger partial charge < -0.3 is 5.32 Å². The monoisotopic (exact) mass is 289 g/mol. The lowest BCUT2D eigenvalue weighted by atomic mass is 9.91. The smallest absolute Gasteiger partial charge is 0.265 e. The van der Waals surface area contributed by atoms with Crippen molar-refractivity contribution in [3.8, 4) is 0 Å². The molecule has 18 heavy (non-hydrogen) atoms. The Hall–Kier alpha value is -0.620. The summed E-state index contributed by atoms with van der Waals surface area (Å²) in [6, 6.07) is 7.52. The Morgan fingerprint density at radius 3 is 2.78 bits per heavy atom. The summed E-state index contributed by atoms with van der Waals surface area (Å²) in [6.45, 7) is 2.75. The van der Waals surface area contributed by atoms with Crippen LogP contribution in [0.1, 0.15) is 23.4 Å². The van der Waals surface area contributed by atoms with Gasteiger partial charge in [-0.15, -0.1) is 11.6 Å². The highest BCUT2D eigenvalue weighted by Gasteiger charge is 2.37. The molecule has 0 aliphatic carbocycles. The number of alkyl halides is 1. The minimum Gasteiger partial charge on any atom is -0.312 e. The van der Waals surface area contributed by atoms with Crippen molar-refractivity contribution >= 4 is 21.7 Å². The molecule has 0 aromatic heterocycles. The molecule has 1 N–H and O–H groups in total. The van der Waals surface area contributed by atoms with E-state index in [-0.39, 0.29) is 5.38 Å². The molecule has 2 rings (SSSR count). The van der Waals surface area contributed by atoms with E-state index >= 15 is 0 Å². The summed E-state index contributed by atoms with van der Waals surface area (Å²) < 4.78 is 28.1. The molecular weight excluding hydrogens is 274 g/mol. The average Bonchev–Trinajstić information content (AvgIpc) is 2.36. The first-order valence-electron chi connectivity index (χ1n) is 5.67. The first-order chi connectivity index (χ1) is 8.32. The number of halogens is 1. The highest BCUT2D eigenvalue weighted by molar-refractivity contribution is 7.86. The maximum Gasteiger partial charge on any atom is 0.265 e. The molecule has 1 aliphatic heterocycles. The van der Waals surface area contributed by atoms with Crippen LogP contribution in [0.2, 0.25) is 0 Å². The molecule has 4 nitrogen and oxygen atoms in total. The fraction of sp³-hybridized carbons (Fsp3) is 0.500. The largest absolute Gasteiger partial charge is 0.312 e. The van der Waals surface area contributed by atoms with E-state index in [0.29, 0.717) is 13.1 Å². The number of hydrogen-bond donors (Lipinski definition) is 1. The number of nitrogens with one attached hydrogen (secondary N) is 1. The average molecular weight is 290 g/mol. The Bertz CT molecular complexity index is 546. The molecule has 6 heteroatoms. The Morgan fingerprint density at radius 1 is 1.44 bits per heavy atom. The van der Waals surface area contributed by atoms with Crippen molar-refractivity contribution < 1.29 is 12.6 Å². The molecule has 0 radical (unpaired) electrons. The summed E-state index contributed by atoms with van der Waals surface area (Å²) in [5.41, 5.74) is 0.809. The van der Waals surface area contributed by atoms with Crippen molar-refractivity contribution in [2.75, 3.05) is 19.3 Å². The van der Waals surface area contributed by atoms with Crippen LogP contribution in [0.15, 0.2) is 24.3 Å². The minimum atomic E-state index is -3.54. The van der Waals surface area contributed by atoms with Gasteiger partial charge in [-0.25, -0.2) is 0 Å². The van der Waals surface area contributed by atoms with E-state index in [1.807, 2.05) is 24.3 Å². The standard InChI is InChI=1S/C12H16ClNO3S/c1-12(17-18(2,15)16)8-14-7-11(13)9-5-3-4-6-10(9)12/h3-6,11,14H,7-8H2,1-2H3. The third kappa shape index (κ3) is 2.85. The normalized spacial score (nSPS) is 28.5. The summed E-state index contributed by atoms with van der Waals surface area (Å²) in [4.78, 5) is 0. The van der Waals surface area contributed by atoms with Crippen LogP contribution in [0, 0.1) is 0 Å². The van der Waals surface area contributed by atoms with Gasteiger partial charge in [0.1, 0.15) is 5.60 Å². The van der Waals surface area contributed by atoms with Gasteiger partial charge in [-0.1, -0.05) is 24.3 Å². The molecule has 0 saturated heterocycles. The van der Waals surface area contributed by atoms with Gasteiger partial charge in [0.05, 0.1) is 11.6 Å². The van der Waals surface area contributed by atoms with Gasteiger partial charge in [0.25, 0.3) is 10.1 Å². The van der Waals surface area contributed by atoms with E-state index in [2.05, 4.69) is 5.32 Å². The summed E-state index contributed by atoms with van der Waals surface area (Å²) >= 11 is 6.28. The minimum absolute atomic E-state index is 0.189. The van der Waals surface area contributed by atoms with Crippen molar-refractivity contribution in [3.05, 3.63) is 35.4 Å². The molecule has 0 spiro atoms. The fourth-order valence-corrected chi connectivity index (χ4v) is 3.42. The number of benzene rings is 1. The molecule has 2 atom stereocenters. The van der Waals surface area contributed by atoms with Gasteiger partial charge in [0, 0.05) is 13.1 Å². The Balaban J connectivity index is 2.52. The Kier molecular flexibility index (Phi) is 3.69. The van der Waals surface area contributed by atoms with E-state index in [1.165, 1.54) is 0 Å². The molecule has 2 unspecified atom stereocenters. The van der Waals surface area contributed by atoms with Crippen molar-refractivity contribution in [2.24, 2.45) is 0 Å². The van der Waals surface area contributed by atoms with Crippen LogP contribution >= 0.6 is 11.6 Å². The van der Waals surface area contributed by atoms with E-state index < -0.39 is 15.7 Å². The van der Waals surface area contributed by atoms with Gasteiger partial charge in [-0.05, 0) is 18.1 Å². The van der Waals surface area contributed by atoms with Gasteiger partial charge in [-0.3, -0.25) is 4.18 Å². The molecule has 100 valence electrons. The molecule has 0 saturated carbocycles.